The monoisotopic (exact) mass is 291 g/mol. The van der Waals surface area contributed by atoms with Gasteiger partial charge in [-0.25, -0.2) is 13.1 Å². The number of sulfonamides is 1. The van der Waals surface area contributed by atoms with Gasteiger partial charge in [-0.3, -0.25) is 0 Å². The number of alkyl halides is 1. The van der Waals surface area contributed by atoms with Gasteiger partial charge in [-0.15, -0.1) is 0 Å². The van der Waals surface area contributed by atoms with Gasteiger partial charge in [-0.2, -0.15) is 0 Å². The molecule has 0 aromatic rings. The van der Waals surface area contributed by atoms with Crippen LogP contribution in [0.25, 0.3) is 0 Å². The molecule has 0 spiro atoms. The highest BCUT2D eigenvalue weighted by Gasteiger charge is 2.18. The molecule has 0 saturated heterocycles. The lowest BCUT2D eigenvalue weighted by molar-refractivity contribution is 0.492. The van der Waals surface area contributed by atoms with Crippen LogP contribution in [0.1, 0.15) is 20.8 Å². The summed E-state index contributed by atoms with van der Waals surface area (Å²) in [4.78, 5) is 0. The second-order valence-corrected chi connectivity index (χ2v) is 6.28. The lowest BCUT2D eigenvalue weighted by atomic mass is 10.1. The summed E-state index contributed by atoms with van der Waals surface area (Å²) in [5.41, 5.74) is -0.357. The largest absolute Gasteiger partial charge is 0.212 e. The zero-order chi connectivity index (χ0) is 9.12. The maximum absolute atomic E-state index is 11.1. The Balaban J connectivity index is 4.15. The first kappa shape index (κ1) is 11.6. The summed E-state index contributed by atoms with van der Waals surface area (Å²) < 4.78 is 25.5. The Morgan fingerprint density at radius 2 is 1.82 bits per heavy atom. The van der Waals surface area contributed by atoms with Crippen molar-refractivity contribution in [3.63, 3.8) is 0 Å². The molecule has 0 bridgehead atoms. The van der Waals surface area contributed by atoms with Crippen LogP contribution in [0.5, 0.6) is 0 Å². The number of hydrogen-bond acceptors (Lipinski definition) is 2. The maximum atomic E-state index is 11.1. The Labute approximate surface area is 82.1 Å². The third-order valence-electron chi connectivity index (χ3n) is 0.808. The minimum Gasteiger partial charge on any atom is -0.212 e. The SMILES string of the molecule is CC(C)(C)NS(=O)(=O)CCI. The molecule has 0 saturated carbocycles. The van der Waals surface area contributed by atoms with Crippen LogP contribution >= 0.6 is 22.6 Å². The molecule has 1 N–H and O–H groups in total. The van der Waals surface area contributed by atoms with Gasteiger partial charge in [0.1, 0.15) is 0 Å². The average molecular weight is 291 g/mol. The van der Waals surface area contributed by atoms with Crippen LogP contribution in [-0.4, -0.2) is 24.1 Å². The van der Waals surface area contributed by atoms with E-state index >= 15 is 0 Å². The molecule has 0 radical (unpaired) electrons. The number of halogens is 1. The lowest BCUT2D eigenvalue weighted by Gasteiger charge is -2.19. The second kappa shape index (κ2) is 4.04. The summed E-state index contributed by atoms with van der Waals surface area (Å²) in [5.74, 6) is 0.199. The van der Waals surface area contributed by atoms with Crippen LogP contribution in [0.3, 0.4) is 0 Å². The van der Waals surface area contributed by atoms with E-state index in [1.807, 2.05) is 43.4 Å². The summed E-state index contributed by atoms with van der Waals surface area (Å²) in [5, 5.41) is 0. The van der Waals surface area contributed by atoms with Crippen LogP contribution in [0.2, 0.25) is 0 Å². The molecule has 0 heterocycles. The number of hydrogen-bond donors (Lipinski definition) is 1. The first-order valence-corrected chi connectivity index (χ1v) is 6.52. The zero-order valence-electron chi connectivity index (χ0n) is 7.02. The van der Waals surface area contributed by atoms with Gasteiger partial charge in [-0.1, -0.05) is 22.6 Å². The molecule has 3 nitrogen and oxygen atoms in total. The highest BCUT2D eigenvalue weighted by atomic mass is 127. The van der Waals surface area contributed by atoms with E-state index < -0.39 is 10.0 Å². The molecule has 0 atom stereocenters. The highest BCUT2D eigenvalue weighted by molar-refractivity contribution is 14.1. The van der Waals surface area contributed by atoms with Gasteiger partial charge in [0.15, 0.2) is 0 Å². The Bertz CT molecular complexity index is 205. The fraction of sp³-hybridized carbons (Fsp3) is 1.00. The molecule has 68 valence electrons. The van der Waals surface area contributed by atoms with Crippen molar-refractivity contribution in [1.82, 2.24) is 4.72 Å². The Morgan fingerprint density at radius 3 is 2.09 bits per heavy atom. The molecule has 0 aliphatic carbocycles. The first-order valence-electron chi connectivity index (χ1n) is 3.34. The summed E-state index contributed by atoms with van der Waals surface area (Å²) in [6.45, 7) is 5.49. The van der Waals surface area contributed by atoms with Crippen molar-refractivity contribution in [1.29, 1.82) is 0 Å². The molecular weight excluding hydrogens is 277 g/mol. The second-order valence-electron chi connectivity index (χ2n) is 3.36. The van der Waals surface area contributed by atoms with Crippen LogP contribution in [0.4, 0.5) is 0 Å². The van der Waals surface area contributed by atoms with Crippen molar-refractivity contribution in [3.8, 4) is 0 Å². The third kappa shape index (κ3) is 7.02. The van der Waals surface area contributed by atoms with E-state index in [0.717, 1.165) is 0 Å². The molecule has 0 aliphatic heterocycles. The molecule has 11 heavy (non-hydrogen) atoms. The normalized spacial score (nSPS) is 13.5. The third-order valence-corrected chi connectivity index (χ3v) is 3.74. The van der Waals surface area contributed by atoms with Crippen molar-refractivity contribution in [2.75, 3.05) is 10.2 Å². The fourth-order valence-electron chi connectivity index (χ4n) is 0.619. The van der Waals surface area contributed by atoms with E-state index in [4.69, 9.17) is 0 Å². The average Bonchev–Trinajstić information content (AvgIpc) is 1.55. The van der Waals surface area contributed by atoms with E-state index in [-0.39, 0.29) is 11.3 Å². The number of nitrogens with one attached hydrogen (secondary N) is 1. The molecule has 0 rings (SSSR count). The molecule has 0 fully saturated rings. The van der Waals surface area contributed by atoms with Crippen molar-refractivity contribution < 1.29 is 8.42 Å². The maximum Gasteiger partial charge on any atom is 0.212 e. The molecular formula is C6H14INO2S. The Morgan fingerprint density at radius 1 is 1.36 bits per heavy atom. The first-order chi connectivity index (χ1) is 4.77. The standard InChI is InChI=1S/C6H14INO2S/c1-6(2,3)8-11(9,10)5-4-7/h8H,4-5H2,1-3H3. The molecule has 0 aromatic heterocycles. The predicted molar refractivity (Wildman–Crippen MR) is 55.6 cm³/mol. The topological polar surface area (TPSA) is 46.2 Å². The van der Waals surface area contributed by atoms with Gasteiger partial charge in [0.25, 0.3) is 0 Å². The van der Waals surface area contributed by atoms with Crippen LogP contribution < -0.4 is 4.72 Å². The zero-order valence-corrected chi connectivity index (χ0v) is 9.99. The molecule has 0 aromatic carbocycles. The van der Waals surface area contributed by atoms with Gasteiger partial charge >= 0.3 is 0 Å². The number of rotatable bonds is 3. The van der Waals surface area contributed by atoms with Gasteiger partial charge in [-0.05, 0) is 20.8 Å². The molecule has 0 unspecified atom stereocenters. The van der Waals surface area contributed by atoms with E-state index in [9.17, 15) is 8.42 Å². The molecule has 5 heteroatoms. The van der Waals surface area contributed by atoms with E-state index in [1.165, 1.54) is 0 Å². The van der Waals surface area contributed by atoms with Gasteiger partial charge in [0.05, 0.1) is 5.75 Å². The smallest absolute Gasteiger partial charge is 0.212 e. The van der Waals surface area contributed by atoms with Gasteiger partial charge in [0, 0.05) is 9.97 Å². The van der Waals surface area contributed by atoms with Crippen molar-refractivity contribution in [2.24, 2.45) is 0 Å². The summed E-state index contributed by atoms with van der Waals surface area (Å²) in [6.07, 6.45) is 0. The molecule has 0 aliphatic rings. The predicted octanol–water partition coefficient (Wildman–Crippen LogP) is 1.14. The summed E-state index contributed by atoms with van der Waals surface area (Å²) in [6, 6.07) is 0. The summed E-state index contributed by atoms with van der Waals surface area (Å²) in [7, 11) is -3.05. The van der Waals surface area contributed by atoms with E-state index in [0.29, 0.717) is 4.43 Å². The Hall–Kier alpha value is 0.640. The van der Waals surface area contributed by atoms with Crippen LogP contribution in [0, 0.1) is 0 Å². The van der Waals surface area contributed by atoms with Gasteiger partial charge in [0.2, 0.25) is 10.0 Å². The minimum atomic E-state index is -3.05. The summed E-state index contributed by atoms with van der Waals surface area (Å²) >= 11 is 2.05. The van der Waals surface area contributed by atoms with E-state index in [1.54, 1.807) is 0 Å². The van der Waals surface area contributed by atoms with Crippen LogP contribution in [0.15, 0.2) is 0 Å². The van der Waals surface area contributed by atoms with Crippen LogP contribution in [-0.2, 0) is 10.0 Å². The Kier molecular flexibility index (Phi) is 4.28. The van der Waals surface area contributed by atoms with Crippen molar-refractivity contribution in [2.45, 2.75) is 26.3 Å². The van der Waals surface area contributed by atoms with Crippen molar-refractivity contribution in [3.05, 3.63) is 0 Å². The van der Waals surface area contributed by atoms with E-state index in [2.05, 4.69) is 4.72 Å². The molecule has 0 amide bonds. The minimum absolute atomic E-state index is 0.199. The highest BCUT2D eigenvalue weighted by Crippen LogP contribution is 2.02. The quantitative estimate of drug-likeness (QED) is 0.626. The van der Waals surface area contributed by atoms with Gasteiger partial charge < -0.3 is 0 Å². The lowest BCUT2D eigenvalue weighted by Crippen LogP contribution is -2.41. The van der Waals surface area contributed by atoms with Crippen molar-refractivity contribution >= 4 is 32.6 Å². The fourth-order valence-corrected chi connectivity index (χ4v) is 3.60.